The molecule has 0 aliphatic heterocycles. The Morgan fingerprint density at radius 1 is 1.37 bits per heavy atom. The zero-order chi connectivity index (χ0) is 14.4. The first kappa shape index (κ1) is 14.9. The summed E-state index contributed by atoms with van der Waals surface area (Å²) in [6, 6.07) is 0. The van der Waals surface area contributed by atoms with Crippen molar-refractivity contribution in [2.45, 2.75) is 13.8 Å². The number of anilines is 1. The lowest BCUT2D eigenvalue weighted by Crippen LogP contribution is -2.14. The van der Waals surface area contributed by atoms with E-state index in [2.05, 4.69) is 23.1 Å². The maximum Gasteiger partial charge on any atom is 0.154 e. The Hall–Kier alpha value is -2.16. The van der Waals surface area contributed by atoms with Crippen LogP contribution in [0.1, 0.15) is 25.2 Å². The van der Waals surface area contributed by atoms with Crippen molar-refractivity contribution in [1.29, 1.82) is 0 Å². The average molecular weight is 255 g/mol. The molecule has 0 aliphatic rings. The number of allylic oxidation sites excluding steroid dienone is 6. The number of aromatic nitrogens is 2. The molecule has 0 spiro atoms. The van der Waals surface area contributed by atoms with Crippen molar-refractivity contribution >= 4 is 17.0 Å². The molecule has 0 amide bonds. The monoisotopic (exact) mass is 255 g/mol. The predicted molar refractivity (Wildman–Crippen MR) is 84.1 cm³/mol. The highest BCUT2D eigenvalue weighted by atomic mass is 15.1. The summed E-state index contributed by atoms with van der Waals surface area (Å²) in [5.41, 5.74) is 3.58. The van der Waals surface area contributed by atoms with Gasteiger partial charge in [0.15, 0.2) is 5.82 Å². The maximum atomic E-state index is 4.66. The second-order valence-corrected chi connectivity index (χ2v) is 4.44. The Kier molecular flexibility index (Phi) is 5.24. The van der Waals surface area contributed by atoms with E-state index in [1.807, 2.05) is 51.1 Å². The predicted octanol–water partition coefficient (Wildman–Crippen LogP) is 3.72. The zero-order valence-electron chi connectivity index (χ0n) is 12.1. The van der Waals surface area contributed by atoms with E-state index in [1.165, 1.54) is 0 Å². The van der Waals surface area contributed by atoms with Crippen LogP contribution in [0.3, 0.4) is 0 Å². The zero-order valence-corrected chi connectivity index (χ0v) is 12.1. The second-order valence-electron chi connectivity index (χ2n) is 4.44. The Morgan fingerprint density at radius 3 is 2.53 bits per heavy atom. The van der Waals surface area contributed by atoms with E-state index in [1.54, 1.807) is 12.3 Å². The highest BCUT2D eigenvalue weighted by Gasteiger charge is 2.11. The van der Waals surface area contributed by atoms with E-state index in [0.29, 0.717) is 0 Å². The Labute approximate surface area is 115 Å². The summed E-state index contributed by atoms with van der Waals surface area (Å²) < 4.78 is 0. The molecule has 1 aromatic heterocycles. The molecule has 0 radical (unpaired) electrons. The van der Waals surface area contributed by atoms with Gasteiger partial charge in [-0.3, -0.25) is 0 Å². The van der Waals surface area contributed by atoms with Crippen LogP contribution in [-0.2, 0) is 0 Å². The van der Waals surface area contributed by atoms with Gasteiger partial charge in [0.25, 0.3) is 0 Å². The molecule has 1 rings (SSSR count). The van der Waals surface area contributed by atoms with Crippen molar-refractivity contribution in [3.63, 3.8) is 0 Å². The Balaban J connectivity index is 3.32. The highest BCUT2D eigenvalue weighted by Crippen LogP contribution is 2.23. The number of hydrogen-bond acceptors (Lipinski definition) is 3. The molecule has 0 bridgehead atoms. The van der Waals surface area contributed by atoms with Gasteiger partial charge >= 0.3 is 0 Å². The molecule has 0 atom stereocenters. The van der Waals surface area contributed by atoms with E-state index in [4.69, 9.17) is 0 Å². The summed E-state index contributed by atoms with van der Waals surface area (Å²) in [4.78, 5) is 11.1. The minimum Gasteiger partial charge on any atom is -0.361 e. The van der Waals surface area contributed by atoms with Crippen molar-refractivity contribution < 1.29 is 0 Å². The van der Waals surface area contributed by atoms with Crippen molar-refractivity contribution in [3.8, 4) is 0 Å². The van der Waals surface area contributed by atoms with E-state index in [-0.39, 0.29) is 0 Å². The molecule has 0 saturated carbocycles. The fourth-order valence-corrected chi connectivity index (χ4v) is 1.64. The lowest BCUT2D eigenvalue weighted by Gasteiger charge is -2.16. The number of rotatable bonds is 5. The smallest absolute Gasteiger partial charge is 0.154 e. The van der Waals surface area contributed by atoms with Crippen LogP contribution >= 0.6 is 0 Å². The van der Waals surface area contributed by atoms with Gasteiger partial charge in [0.1, 0.15) is 5.69 Å². The standard InChI is InChI=1S/C16H21N3/c1-7-9-10-13(8-2)14-11-17-16(19(5)6)15(18-14)12(3)4/h7-11H,1,3H2,2,4-6H3/b10-9-,13-8+. The Bertz CT molecular complexity index is 537. The van der Waals surface area contributed by atoms with Crippen molar-refractivity contribution in [2.75, 3.05) is 19.0 Å². The molecule has 1 aromatic rings. The van der Waals surface area contributed by atoms with E-state index < -0.39 is 0 Å². The van der Waals surface area contributed by atoms with Gasteiger partial charge in [-0.1, -0.05) is 37.5 Å². The molecule has 3 heteroatoms. The summed E-state index contributed by atoms with van der Waals surface area (Å²) in [5.74, 6) is 0.833. The van der Waals surface area contributed by atoms with Crippen LogP contribution in [-0.4, -0.2) is 24.1 Å². The van der Waals surface area contributed by atoms with Gasteiger partial charge in [0.2, 0.25) is 0 Å². The number of hydrogen-bond donors (Lipinski definition) is 0. The third-order valence-electron chi connectivity index (χ3n) is 2.60. The molecule has 0 N–H and O–H groups in total. The van der Waals surface area contributed by atoms with Gasteiger partial charge in [0, 0.05) is 14.1 Å². The third kappa shape index (κ3) is 3.65. The van der Waals surface area contributed by atoms with Gasteiger partial charge in [-0.2, -0.15) is 0 Å². The fourth-order valence-electron chi connectivity index (χ4n) is 1.64. The van der Waals surface area contributed by atoms with Crippen LogP contribution in [0.5, 0.6) is 0 Å². The molecule has 0 aromatic carbocycles. The molecule has 3 nitrogen and oxygen atoms in total. The van der Waals surface area contributed by atoms with Crippen LogP contribution in [0.4, 0.5) is 5.82 Å². The quantitative estimate of drug-likeness (QED) is 0.751. The van der Waals surface area contributed by atoms with Gasteiger partial charge < -0.3 is 4.90 Å². The van der Waals surface area contributed by atoms with Crippen LogP contribution in [0.25, 0.3) is 11.1 Å². The number of nitrogens with zero attached hydrogens (tertiary/aromatic N) is 3. The van der Waals surface area contributed by atoms with E-state index in [0.717, 1.165) is 28.4 Å². The molecular formula is C16H21N3. The normalized spacial score (nSPS) is 11.7. The third-order valence-corrected chi connectivity index (χ3v) is 2.60. The van der Waals surface area contributed by atoms with E-state index in [9.17, 15) is 0 Å². The first-order valence-corrected chi connectivity index (χ1v) is 6.17. The molecule has 0 saturated heterocycles. The Morgan fingerprint density at radius 2 is 2.05 bits per heavy atom. The van der Waals surface area contributed by atoms with Gasteiger partial charge in [0.05, 0.1) is 11.9 Å². The summed E-state index contributed by atoms with van der Waals surface area (Å²) in [7, 11) is 3.90. The topological polar surface area (TPSA) is 29.0 Å². The lowest BCUT2D eigenvalue weighted by molar-refractivity contribution is 1.02. The summed E-state index contributed by atoms with van der Waals surface area (Å²) in [5, 5.41) is 0. The van der Waals surface area contributed by atoms with Gasteiger partial charge in [-0.05, 0) is 25.0 Å². The minimum atomic E-state index is 0.828. The summed E-state index contributed by atoms with van der Waals surface area (Å²) in [6.45, 7) is 11.6. The maximum absolute atomic E-state index is 4.66. The molecule has 19 heavy (non-hydrogen) atoms. The van der Waals surface area contributed by atoms with Crippen LogP contribution in [0.15, 0.2) is 43.7 Å². The van der Waals surface area contributed by atoms with Gasteiger partial charge in [-0.15, -0.1) is 0 Å². The largest absolute Gasteiger partial charge is 0.361 e. The van der Waals surface area contributed by atoms with Gasteiger partial charge in [-0.25, -0.2) is 9.97 Å². The average Bonchev–Trinajstić information content (AvgIpc) is 2.39. The van der Waals surface area contributed by atoms with Crippen molar-refractivity contribution in [3.05, 3.63) is 55.0 Å². The molecule has 100 valence electrons. The molecule has 0 fully saturated rings. The second kappa shape index (κ2) is 6.69. The van der Waals surface area contributed by atoms with Crippen LogP contribution in [0.2, 0.25) is 0 Å². The summed E-state index contributed by atoms with van der Waals surface area (Å²) in [6.07, 6.45) is 9.38. The fraction of sp³-hybridized carbons (Fsp3) is 0.250. The van der Waals surface area contributed by atoms with Crippen LogP contribution < -0.4 is 4.90 Å². The molecule has 1 heterocycles. The SMILES string of the molecule is C=C/C=C\C(=C/C)c1cnc(N(C)C)c(C(=C)C)n1. The van der Waals surface area contributed by atoms with Crippen molar-refractivity contribution in [1.82, 2.24) is 9.97 Å². The van der Waals surface area contributed by atoms with Crippen molar-refractivity contribution in [2.24, 2.45) is 0 Å². The van der Waals surface area contributed by atoms with Crippen LogP contribution in [0, 0.1) is 0 Å². The minimum absolute atomic E-state index is 0.828. The molecule has 0 aliphatic carbocycles. The van der Waals surface area contributed by atoms with E-state index >= 15 is 0 Å². The first-order valence-electron chi connectivity index (χ1n) is 6.17. The highest BCUT2D eigenvalue weighted by molar-refractivity contribution is 5.75. The molecule has 0 unspecified atom stereocenters. The first-order chi connectivity index (χ1) is 9.01. The lowest BCUT2D eigenvalue weighted by atomic mass is 10.1. The summed E-state index contributed by atoms with van der Waals surface area (Å²) >= 11 is 0. The molecular weight excluding hydrogens is 234 g/mol.